The van der Waals surface area contributed by atoms with Crippen molar-refractivity contribution in [3.05, 3.63) is 11.4 Å². The molecule has 0 aliphatic carbocycles. The molecule has 1 heterocycles. The zero-order chi connectivity index (χ0) is 10.8. The number of aromatic nitrogens is 3. The van der Waals surface area contributed by atoms with E-state index in [1.165, 1.54) is 13.8 Å². The normalized spacial score (nSPS) is 11.6. The van der Waals surface area contributed by atoms with Crippen LogP contribution in [0.15, 0.2) is 0 Å². The van der Waals surface area contributed by atoms with E-state index in [0.717, 1.165) is 0 Å². The first-order valence-corrected chi connectivity index (χ1v) is 4.17. The summed E-state index contributed by atoms with van der Waals surface area (Å²) in [5.74, 6) is -1.00. The molecule has 14 heavy (non-hydrogen) atoms. The highest BCUT2D eigenvalue weighted by Gasteiger charge is 2.28. The minimum atomic E-state index is -1.20. The number of carbonyl (C=O) groups is 1. The summed E-state index contributed by atoms with van der Waals surface area (Å²) in [6.07, 6.45) is 0. The fourth-order valence-corrected chi connectivity index (χ4v) is 0.753. The van der Waals surface area contributed by atoms with Crippen LogP contribution in [0.2, 0.25) is 0 Å². The fraction of sp³-hybridized carbons (Fsp3) is 0.625. The highest BCUT2D eigenvalue weighted by Crippen LogP contribution is 2.12. The molecule has 0 amide bonds. The maximum absolute atomic E-state index is 10.7. The summed E-state index contributed by atoms with van der Waals surface area (Å²) >= 11 is 0. The second kappa shape index (κ2) is 3.75. The van der Waals surface area contributed by atoms with Gasteiger partial charge in [-0.3, -0.25) is 0 Å². The van der Waals surface area contributed by atoms with Crippen LogP contribution >= 0.6 is 0 Å². The average Bonchev–Trinajstić information content (AvgIpc) is 2.47. The Bertz CT molecular complexity index is 332. The Morgan fingerprint density at radius 1 is 1.57 bits per heavy atom. The van der Waals surface area contributed by atoms with E-state index < -0.39 is 11.6 Å². The molecule has 0 saturated carbocycles. The molecular formula is C8H13N3O3. The van der Waals surface area contributed by atoms with Crippen molar-refractivity contribution in [1.29, 1.82) is 0 Å². The number of aryl methyl sites for hydroxylation is 1. The number of aromatic amines is 1. The van der Waals surface area contributed by atoms with Gasteiger partial charge in [-0.05, 0) is 20.8 Å². The number of ether oxygens (including phenoxy) is 1. The molecule has 0 fully saturated rings. The second-order valence-corrected chi connectivity index (χ2v) is 3.46. The summed E-state index contributed by atoms with van der Waals surface area (Å²) in [4.78, 5) is 10.7. The van der Waals surface area contributed by atoms with E-state index in [2.05, 4.69) is 15.4 Å². The molecule has 0 unspecified atom stereocenters. The van der Waals surface area contributed by atoms with Crippen LogP contribution in [0.1, 0.15) is 25.2 Å². The van der Waals surface area contributed by atoms with E-state index in [-0.39, 0.29) is 6.61 Å². The van der Waals surface area contributed by atoms with Gasteiger partial charge in [-0.15, -0.1) is 0 Å². The minimum Gasteiger partial charge on any atom is -0.479 e. The van der Waals surface area contributed by atoms with Crippen molar-refractivity contribution in [3.63, 3.8) is 0 Å². The van der Waals surface area contributed by atoms with Crippen LogP contribution in [0.25, 0.3) is 0 Å². The molecule has 0 saturated heterocycles. The van der Waals surface area contributed by atoms with Crippen LogP contribution in [-0.2, 0) is 16.1 Å². The lowest BCUT2D eigenvalue weighted by Gasteiger charge is -2.19. The first-order valence-electron chi connectivity index (χ1n) is 4.17. The van der Waals surface area contributed by atoms with E-state index in [9.17, 15) is 4.79 Å². The third kappa shape index (κ3) is 2.29. The molecule has 0 spiro atoms. The molecule has 6 nitrogen and oxygen atoms in total. The standard InChI is InChI=1S/C8H13N3O3/c1-5-6(10-11-9-5)4-14-8(2,3)7(12)13/h4H2,1-3H3,(H,12,13)(H,9,10,11). The van der Waals surface area contributed by atoms with E-state index >= 15 is 0 Å². The molecule has 2 N–H and O–H groups in total. The summed E-state index contributed by atoms with van der Waals surface area (Å²) in [7, 11) is 0. The lowest BCUT2D eigenvalue weighted by molar-refractivity contribution is -0.162. The summed E-state index contributed by atoms with van der Waals surface area (Å²) in [5.41, 5.74) is 0.135. The van der Waals surface area contributed by atoms with Gasteiger partial charge in [0.05, 0.1) is 12.3 Å². The number of H-pyrrole nitrogens is 1. The first-order chi connectivity index (χ1) is 6.43. The zero-order valence-electron chi connectivity index (χ0n) is 8.37. The number of rotatable bonds is 4. The fourth-order valence-electron chi connectivity index (χ4n) is 0.753. The number of nitrogens with zero attached hydrogens (tertiary/aromatic N) is 2. The Morgan fingerprint density at radius 3 is 2.64 bits per heavy atom. The summed E-state index contributed by atoms with van der Waals surface area (Å²) in [6.45, 7) is 4.90. The van der Waals surface area contributed by atoms with E-state index in [4.69, 9.17) is 9.84 Å². The highest BCUT2D eigenvalue weighted by atomic mass is 16.5. The maximum Gasteiger partial charge on any atom is 0.335 e. The molecule has 0 aromatic carbocycles. The molecule has 0 bridgehead atoms. The largest absolute Gasteiger partial charge is 0.479 e. The van der Waals surface area contributed by atoms with Gasteiger partial charge in [-0.2, -0.15) is 15.4 Å². The molecule has 1 rings (SSSR count). The highest BCUT2D eigenvalue weighted by molar-refractivity contribution is 5.76. The first kappa shape index (κ1) is 10.6. The summed E-state index contributed by atoms with van der Waals surface area (Å²) < 4.78 is 5.19. The number of hydrogen-bond acceptors (Lipinski definition) is 4. The minimum absolute atomic E-state index is 0.141. The second-order valence-electron chi connectivity index (χ2n) is 3.46. The average molecular weight is 199 g/mol. The summed E-state index contributed by atoms with van der Waals surface area (Å²) in [5, 5.41) is 18.8. The van der Waals surface area contributed by atoms with Crippen molar-refractivity contribution >= 4 is 5.97 Å². The third-order valence-electron chi connectivity index (χ3n) is 1.91. The van der Waals surface area contributed by atoms with Gasteiger partial charge in [0.2, 0.25) is 0 Å². The van der Waals surface area contributed by atoms with Crippen molar-refractivity contribution in [2.75, 3.05) is 0 Å². The van der Waals surface area contributed by atoms with Gasteiger partial charge in [-0.25, -0.2) is 4.79 Å². The molecule has 0 atom stereocenters. The van der Waals surface area contributed by atoms with Gasteiger partial charge in [0.1, 0.15) is 5.69 Å². The van der Waals surface area contributed by atoms with Gasteiger partial charge in [0.25, 0.3) is 0 Å². The van der Waals surface area contributed by atoms with Crippen LogP contribution in [0.4, 0.5) is 0 Å². The van der Waals surface area contributed by atoms with Gasteiger partial charge < -0.3 is 9.84 Å². The Labute approximate surface area is 81.3 Å². The molecule has 0 aliphatic heterocycles. The third-order valence-corrected chi connectivity index (χ3v) is 1.91. The van der Waals surface area contributed by atoms with Crippen molar-refractivity contribution < 1.29 is 14.6 Å². The quantitative estimate of drug-likeness (QED) is 0.736. The topological polar surface area (TPSA) is 88.1 Å². The zero-order valence-corrected chi connectivity index (χ0v) is 8.37. The Morgan fingerprint density at radius 2 is 2.21 bits per heavy atom. The van der Waals surface area contributed by atoms with Gasteiger partial charge >= 0.3 is 5.97 Å². The number of nitrogens with one attached hydrogen (secondary N) is 1. The van der Waals surface area contributed by atoms with E-state index in [0.29, 0.717) is 11.4 Å². The number of hydrogen-bond donors (Lipinski definition) is 2. The van der Waals surface area contributed by atoms with E-state index in [1.54, 1.807) is 6.92 Å². The van der Waals surface area contributed by atoms with Crippen molar-refractivity contribution in [2.45, 2.75) is 33.0 Å². The van der Waals surface area contributed by atoms with Crippen molar-refractivity contribution in [3.8, 4) is 0 Å². The van der Waals surface area contributed by atoms with Gasteiger partial charge in [0.15, 0.2) is 5.60 Å². The van der Waals surface area contributed by atoms with Crippen LogP contribution in [0.3, 0.4) is 0 Å². The van der Waals surface area contributed by atoms with E-state index in [1.807, 2.05) is 0 Å². The number of aliphatic carboxylic acids is 1. The maximum atomic E-state index is 10.7. The molecular weight excluding hydrogens is 186 g/mol. The van der Waals surface area contributed by atoms with Gasteiger partial charge in [0, 0.05) is 0 Å². The SMILES string of the molecule is Cc1n[nH]nc1COC(C)(C)C(=O)O. The molecule has 0 aliphatic rings. The molecule has 1 aromatic rings. The van der Waals surface area contributed by atoms with Crippen LogP contribution < -0.4 is 0 Å². The number of carboxylic acids is 1. The molecule has 6 heteroatoms. The lowest BCUT2D eigenvalue weighted by atomic mass is 10.1. The molecule has 1 aromatic heterocycles. The van der Waals surface area contributed by atoms with Crippen molar-refractivity contribution in [1.82, 2.24) is 15.4 Å². The number of carboxylic acid groups (broad SMARTS) is 1. The molecule has 0 radical (unpaired) electrons. The monoisotopic (exact) mass is 199 g/mol. The Kier molecular flexibility index (Phi) is 2.85. The smallest absolute Gasteiger partial charge is 0.335 e. The van der Waals surface area contributed by atoms with Crippen LogP contribution in [-0.4, -0.2) is 32.1 Å². The van der Waals surface area contributed by atoms with Gasteiger partial charge in [-0.1, -0.05) is 0 Å². The van der Waals surface area contributed by atoms with Crippen LogP contribution in [0, 0.1) is 6.92 Å². The predicted molar refractivity (Wildman–Crippen MR) is 47.6 cm³/mol. The predicted octanol–water partition coefficient (Wildman–Crippen LogP) is 0.493. The summed E-state index contributed by atoms with van der Waals surface area (Å²) in [6, 6.07) is 0. The molecule has 78 valence electrons. The van der Waals surface area contributed by atoms with Crippen molar-refractivity contribution in [2.24, 2.45) is 0 Å². The van der Waals surface area contributed by atoms with Crippen LogP contribution in [0.5, 0.6) is 0 Å². The Balaban J connectivity index is 2.57. The lowest BCUT2D eigenvalue weighted by Crippen LogP contribution is -2.34. The Hall–Kier alpha value is -1.43.